The molecule has 0 radical (unpaired) electrons. The van der Waals surface area contributed by atoms with E-state index in [-0.39, 0.29) is 6.54 Å². The van der Waals surface area contributed by atoms with Crippen LogP contribution in [0.25, 0.3) is 0 Å². The van der Waals surface area contributed by atoms with Gasteiger partial charge in [0.1, 0.15) is 6.61 Å². The van der Waals surface area contributed by atoms with Crippen LogP contribution in [0.1, 0.15) is 13.8 Å². The second-order valence-corrected chi connectivity index (χ2v) is 6.00. The summed E-state index contributed by atoms with van der Waals surface area (Å²) in [5, 5.41) is 0. The van der Waals surface area contributed by atoms with E-state index in [1.165, 1.54) is 4.90 Å². The van der Waals surface area contributed by atoms with Gasteiger partial charge in [0.05, 0.1) is 18.3 Å². The summed E-state index contributed by atoms with van der Waals surface area (Å²) < 4.78 is 29.0. The zero-order chi connectivity index (χ0) is 11.7. The maximum atomic E-state index is 11.3. The number of cyclic esters (lactones) is 1. The van der Waals surface area contributed by atoms with Crippen LogP contribution in [0.15, 0.2) is 0 Å². The highest BCUT2D eigenvalue weighted by Gasteiger charge is 2.35. The van der Waals surface area contributed by atoms with E-state index in [1.54, 1.807) is 13.8 Å². The number of nitrogens with zero attached hydrogens (tertiary/aromatic N) is 1. The van der Waals surface area contributed by atoms with Crippen LogP contribution < -0.4 is 4.72 Å². The molecule has 0 atom stereocenters. The van der Waals surface area contributed by atoms with Gasteiger partial charge in [-0.15, -0.1) is 0 Å². The Bertz CT molecular complexity index is 350. The van der Waals surface area contributed by atoms with Crippen molar-refractivity contribution in [3.8, 4) is 0 Å². The second kappa shape index (κ2) is 3.97. The average Bonchev–Trinajstić information content (AvgIpc) is 2.47. The highest BCUT2D eigenvalue weighted by molar-refractivity contribution is 7.88. The maximum Gasteiger partial charge on any atom is 0.410 e. The fourth-order valence-electron chi connectivity index (χ4n) is 1.35. The van der Waals surface area contributed by atoms with E-state index < -0.39 is 21.7 Å². The summed E-state index contributed by atoms with van der Waals surface area (Å²) in [5.41, 5.74) is -0.573. The normalized spacial score (nSPS) is 18.1. The molecule has 0 spiro atoms. The summed E-state index contributed by atoms with van der Waals surface area (Å²) in [4.78, 5) is 12.8. The first kappa shape index (κ1) is 12.3. The van der Waals surface area contributed by atoms with E-state index in [2.05, 4.69) is 4.72 Å². The van der Waals surface area contributed by atoms with Gasteiger partial charge >= 0.3 is 6.09 Å². The maximum absolute atomic E-state index is 11.3. The van der Waals surface area contributed by atoms with Crippen LogP contribution in [0.3, 0.4) is 0 Å². The number of ether oxygens (including phenoxy) is 1. The molecule has 0 aliphatic carbocycles. The van der Waals surface area contributed by atoms with Gasteiger partial charge in [-0.05, 0) is 13.8 Å². The molecule has 0 bridgehead atoms. The van der Waals surface area contributed by atoms with Crippen molar-refractivity contribution in [1.82, 2.24) is 9.62 Å². The Morgan fingerprint density at radius 2 is 2.13 bits per heavy atom. The standard InChI is InChI=1S/C8H16N2O4S/c1-8(2,6-9-15(3,12)13)10-4-5-14-7(10)11/h9H,4-6H2,1-3H3. The van der Waals surface area contributed by atoms with Crippen molar-refractivity contribution in [3.05, 3.63) is 0 Å². The molecule has 15 heavy (non-hydrogen) atoms. The summed E-state index contributed by atoms with van der Waals surface area (Å²) in [6.07, 6.45) is 0.695. The van der Waals surface area contributed by atoms with Gasteiger partial charge in [0.2, 0.25) is 10.0 Å². The molecule has 1 aliphatic heterocycles. The zero-order valence-electron chi connectivity index (χ0n) is 9.11. The SMILES string of the molecule is CC(C)(CNS(C)(=O)=O)N1CCOC1=O. The van der Waals surface area contributed by atoms with E-state index in [4.69, 9.17) is 4.74 Å². The average molecular weight is 236 g/mol. The number of hydrogen-bond donors (Lipinski definition) is 1. The Labute approximate surface area is 89.6 Å². The Kier molecular flexibility index (Phi) is 3.25. The fourth-order valence-corrected chi connectivity index (χ4v) is 1.96. The van der Waals surface area contributed by atoms with Crippen LogP contribution in [0.2, 0.25) is 0 Å². The summed E-state index contributed by atoms with van der Waals surface area (Å²) in [6.45, 7) is 4.62. The summed E-state index contributed by atoms with van der Waals surface area (Å²) >= 11 is 0. The Morgan fingerprint density at radius 3 is 2.53 bits per heavy atom. The lowest BCUT2D eigenvalue weighted by atomic mass is 10.0. The first-order valence-electron chi connectivity index (χ1n) is 4.61. The first-order valence-corrected chi connectivity index (χ1v) is 6.50. The second-order valence-electron chi connectivity index (χ2n) is 4.17. The molecule has 1 heterocycles. The molecule has 1 rings (SSSR count). The van der Waals surface area contributed by atoms with Crippen molar-refractivity contribution in [3.63, 3.8) is 0 Å². The molecule has 1 aliphatic rings. The Balaban J connectivity index is 2.62. The molecule has 7 heteroatoms. The van der Waals surface area contributed by atoms with E-state index in [0.29, 0.717) is 13.2 Å². The van der Waals surface area contributed by atoms with Gasteiger partial charge in [-0.2, -0.15) is 0 Å². The largest absolute Gasteiger partial charge is 0.448 e. The van der Waals surface area contributed by atoms with E-state index in [0.717, 1.165) is 6.26 Å². The third kappa shape index (κ3) is 3.35. The molecule has 6 nitrogen and oxygen atoms in total. The highest BCUT2D eigenvalue weighted by atomic mass is 32.2. The molecule has 0 unspecified atom stereocenters. The van der Waals surface area contributed by atoms with Crippen molar-refractivity contribution >= 4 is 16.1 Å². The van der Waals surface area contributed by atoms with Gasteiger partial charge in [-0.25, -0.2) is 17.9 Å². The van der Waals surface area contributed by atoms with E-state index in [9.17, 15) is 13.2 Å². The molecule has 0 aromatic rings. The minimum absolute atomic E-state index is 0.181. The number of hydrogen-bond acceptors (Lipinski definition) is 4. The van der Waals surface area contributed by atoms with Gasteiger partial charge in [-0.3, -0.25) is 4.90 Å². The monoisotopic (exact) mass is 236 g/mol. The van der Waals surface area contributed by atoms with Gasteiger partial charge in [0, 0.05) is 6.54 Å². The van der Waals surface area contributed by atoms with Crippen molar-refractivity contribution in [2.24, 2.45) is 0 Å². The molecule has 0 aromatic carbocycles. The lowest BCUT2D eigenvalue weighted by Crippen LogP contribution is -2.51. The molecular formula is C8H16N2O4S. The summed E-state index contributed by atoms with van der Waals surface area (Å²) in [5.74, 6) is 0. The molecule has 0 saturated carbocycles. The van der Waals surface area contributed by atoms with Gasteiger partial charge in [-0.1, -0.05) is 0 Å². The fraction of sp³-hybridized carbons (Fsp3) is 0.875. The minimum atomic E-state index is -3.23. The predicted octanol–water partition coefficient (Wildman–Crippen LogP) is -0.234. The Morgan fingerprint density at radius 1 is 1.53 bits per heavy atom. The van der Waals surface area contributed by atoms with Crippen LogP contribution in [0.4, 0.5) is 4.79 Å². The van der Waals surface area contributed by atoms with Crippen molar-refractivity contribution in [2.75, 3.05) is 26.0 Å². The molecular weight excluding hydrogens is 220 g/mol. The lowest BCUT2D eigenvalue weighted by Gasteiger charge is -2.33. The third-order valence-electron chi connectivity index (χ3n) is 2.26. The van der Waals surface area contributed by atoms with Crippen LogP contribution in [-0.4, -0.2) is 50.9 Å². The predicted molar refractivity (Wildman–Crippen MR) is 55.0 cm³/mol. The van der Waals surface area contributed by atoms with Gasteiger partial charge in [0.25, 0.3) is 0 Å². The molecule has 1 amide bonds. The highest BCUT2D eigenvalue weighted by Crippen LogP contribution is 2.18. The van der Waals surface area contributed by atoms with E-state index in [1.807, 2.05) is 0 Å². The van der Waals surface area contributed by atoms with Gasteiger partial charge in [0.15, 0.2) is 0 Å². The number of rotatable bonds is 4. The third-order valence-corrected chi connectivity index (χ3v) is 2.93. The number of nitrogens with one attached hydrogen (secondary N) is 1. The molecule has 1 saturated heterocycles. The van der Waals surface area contributed by atoms with Crippen LogP contribution in [0.5, 0.6) is 0 Å². The lowest BCUT2D eigenvalue weighted by molar-refractivity contribution is 0.127. The smallest absolute Gasteiger partial charge is 0.410 e. The summed E-state index contributed by atoms with van der Waals surface area (Å²) in [6, 6.07) is 0. The molecule has 1 N–H and O–H groups in total. The van der Waals surface area contributed by atoms with Crippen LogP contribution in [0, 0.1) is 0 Å². The number of carbonyl (C=O) groups excluding carboxylic acids is 1. The van der Waals surface area contributed by atoms with Crippen LogP contribution >= 0.6 is 0 Å². The zero-order valence-corrected chi connectivity index (χ0v) is 9.93. The molecule has 88 valence electrons. The number of carbonyl (C=O) groups is 1. The van der Waals surface area contributed by atoms with E-state index >= 15 is 0 Å². The van der Waals surface area contributed by atoms with Crippen molar-refractivity contribution in [1.29, 1.82) is 0 Å². The van der Waals surface area contributed by atoms with Crippen molar-refractivity contribution in [2.45, 2.75) is 19.4 Å². The molecule has 1 fully saturated rings. The summed E-state index contributed by atoms with van der Waals surface area (Å²) in [7, 11) is -3.23. The van der Waals surface area contributed by atoms with Gasteiger partial charge < -0.3 is 4.74 Å². The van der Waals surface area contributed by atoms with Crippen molar-refractivity contribution < 1.29 is 17.9 Å². The minimum Gasteiger partial charge on any atom is -0.448 e. The first-order chi connectivity index (χ1) is 6.72. The number of sulfonamides is 1. The molecule has 0 aromatic heterocycles. The topological polar surface area (TPSA) is 75.7 Å². The number of amides is 1. The Hall–Kier alpha value is -0.820. The van der Waals surface area contributed by atoms with Crippen LogP contribution in [-0.2, 0) is 14.8 Å². The quantitative estimate of drug-likeness (QED) is 0.731.